The largest absolute Gasteiger partial charge is 0.492 e. The molecule has 0 spiro atoms. The van der Waals surface area contributed by atoms with E-state index in [-0.39, 0.29) is 12.2 Å². The van der Waals surface area contributed by atoms with E-state index in [9.17, 15) is 13.2 Å². The molecule has 0 saturated carbocycles. The molecule has 0 radical (unpaired) electrons. The van der Waals surface area contributed by atoms with Crippen LogP contribution in [-0.4, -0.2) is 11.6 Å². The minimum atomic E-state index is -4.40. The van der Waals surface area contributed by atoms with Crippen molar-refractivity contribution >= 4 is 5.69 Å². The number of alkyl halides is 3. The molecular weight excluding hydrogens is 285 g/mol. The number of oxazole rings is 1. The van der Waals surface area contributed by atoms with Gasteiger partial charge in [0, 0.05) is 0 Å². The Hall–Kier alpha value is -2.18. The SMILES string of the molecule is CCOc1ccc(C(F)(F)F)cc1NCc1ncc(C)o1. The average molecular weight is 300 g/mol. The molecule has 0 aliphatic rings. The number of nitrogens with one attached hydrogen (secondary N) is 1. The Morgan fingerprint density at radius 2 is 2.10 bits per heavy atom. The van der Waals surface area contributed by atoms with Gasteiger partial charge < -0.3 is 14.5 Å². The quantitative estimate of drug-likeness (QED) is 0.906. The first kappa shape index (κ1) is 15.2. The molecule has 1 aromatic heterocycles. The Morgan fingerprint density at radius 3 is 2.67 bits per heavy atom. The van der Waals surface area contributed by atoms with E-state index in [1.807, 2.05) is 0 Å². The summed E-state index contributed by atoms with van der Waals surface area (Å²) in [4.78, 5) is 3.99. The molecule has 0 aliphatic carbocycles. The second-order valence-electron chi connectivity index (χ2n) is 4.36. The van der Waals surface area contributed by atoms with Crippen LogP contribution in [0.3, 0.4) is 0 Å². The van der Waals surface area contributed by atoms with Crippen molar-refractivity contribution in [2.75, 3.05) is 11.9 Å². The van der Waals surface area contributed by atoms with E-state index in [4.69, 9.17) is 9.15 Å². The Kier molecular flexibility index (Phi) is 4.40. The molecule has 2 rings (SSSR count). The Labute approximate surface area is 119 Å². The molecule has 0 unspecified atom stereocenters. The predicted molar refractivity (Wildman–Crippen MR) is 71.2 cm³/mol. The van der Waals surface area contributed by atoms with Gasteiger partial charge in [-0.2, -0.15) is 13.2 Å². The number of rotatable bonds is 5. The number of aromatic nitrogens is 1. The van der Waals surface area contributed by atoms with Gasteiger partial charge in [-0.15, -0.1) is 0 Å². The number of halogens is 3. The van der Waals surface area contributed by atoms with Gasteiger partial charge in [0.1, 0.15) is 11.5 Å². The number of ether oxygens (including phenoxy) is 1. The number of aryl methyl sites for hydroxylation is 1. The Balaban J connectivity index is 2.21. The summed E-state index contributed by atoms with van der Waals surface area (Å²) in [7, 11) is 0. The first-order chi connectivity index (χ1) is 9.90. The third-order valence-corrected chi connectivity index (χ3v) is 2.71. The molecule has 0 atom stereocenters. The van der Waals surface area contributed by atoms with Gasteiger partial charge >= 0.3 is 6.18 Å². The topological polar surface area (TPSA) is 47.3 Å². The third kappa shape index (κ3) is 3.90. The summed E-state index contributed by atoms with van der Waals surface area (Å²) >= 11 is 0. The normalized spacial score (nSPS) is 11.5. The van der Waals surface area contributed by atoms with E-state index in [2.05, 4.69) is 10.3 Å². The Morgan fingerprint density at radius 1 is 1.33 bits per heavy atom. The summed E-state index contributed by atoms with van der Waals surface area (Å²) in [5, 5.41) is 2.86. The average Bonchev–Trinajstić information content (AvgIpc) is 2.82. The Bertz CT molecular complexity index is 609. The standard InChI is InChI=1S/C14H15F3N2O2/c1-3-20-12-5-4-10(14(15,16)17)6-11(12)18-8-13-19-7-9(2)21-13/h4-7,18H,3,8H2,1-2H3. The molecule has 0 bridgehead atoms. The molecule has 0 amide bonds. The van der Waals surface area contributed by atoms with Gasteiger partial charge in [0.05, 0.1) is 30.6 Å². The minimum absolute atomic E-state index is 0.176. The summed E-state index contributed by atoms with van der Waals surface area (Å²) in [6, 6.07) is 3.31. The summed E-state index contributed by atoms with van der Waals surface area (Å²) < 4.78 is 48.8. The van der Waals surface area contributed by atoms with E-state index in [0.29, 0.717) is 24.0 Å². The molecule has 114 valence electrons. The third-order valence-electron chi connectivity index (χ3n) is 2.71. The lowest BCUT2D eigenvalue weighted by atomic mass is 10.1. The molecule has 0 fully saturated rings. The fraction of sp³-hybridized carbons (Fsp3) is 0.357. The van der Waals surface area contributed by atoms with E-state index in [1.165, 1.54) is 6.07 Å². The van der Waals surface area contributed by atoms with E-state index < -0.39 is 11.7 Å². The lowest BCUT2D eigenvalue weighted by Crippen LogP contribution is -2.08. The smallest absolute Gasteiger partial charge is 0.416 e. The number of anilines is 1. The fourth-order valence-corrected chi connectivity index (χ4v) is 1.78. The van der Waals surface area contributed by atoms with Crippen LogP contribution in [0.4, 0.5) is 18.9 Å². The van der Waals surface area contributed by atoms with Crippen LogP contribution in [0.1, 0.15) is 24.1 Å². The summed E-state index contributed by atoms with van der Waals surface area (Å²) in [5.41, 5.74) is -0.487. The molecule has 1 N–H and O–H groups in total. The minimum Gasteiger partial charge on any atom is -0.492 e. The van der Waals surface area contributed by atoms with Crippen molar-refractivity contribution in [2.45, 2.75) is 26.6 Å². The van der Waals surface area contributed by atoms with Crippen molar-refractivity contribution in [3.63, 3.8) is 0 Å². The lowest BCUT2D eigenvalue weighted by Gasteiger charge is -2.14. The number of hydrogen-bond acceptors (Lipinski definition) is 4. The molecule has 21 heavy (non-hydrogen) atoms. The maximum atomic E-state index is 12.8. The van der Waals surface area contributed by atoms with Crippen LogP contribution in [0.5, 0.6) is 5.75 Å². The van der Waals surface area contributed by atoms with Crippen LogP contribution in [0, 0.1) is 6.92 Å². The first-order valence-corrected chi connectivity index (χ1v) is 6.39. The van der Waals surface area contributed by atoms with Crippen LogP contribution >= 0.6 is 0 Å². The van der Waals surface area contributed by atoms with Crippen LogP contribution in [-0.2, 0) is 12.7 Å². The maximum Gasteiger partial charge on any atom is 0.416 e. The van der Waals surface area contributed by atoms with Crippen molar-refractivity contribution in [3.8, 4) is 5.75 Å². The van der Waals surface area contributed by atoms with Gasteiger partial charge in [-0.3, -0.25) is 0 Å². The molecule has 0 saturated heterocycles. The number of hydrogen-bond donors (Lipinski definition) is 1. The molecule has 7 heteroatoms. The number of nitrogens with zero attached hydrogens (tertiary/aromatic N) is 1. The second kappa shape index (κ2) is 6.07. The molecule has 1 heterocycles. The van der Waals surface area contributed by atoms with Crippen LogP contribution in [0.2, 0.25) is 0 Å². The van der Waals surface area contributed by atoms with Gasteiger partial charge in [-0.1, -0.05) is 0 Å². The zero-order valence-electron chi connectivity index (χ0n) is 11.6. The highest BCUT2D eigenvalue weighted by molar-refractivity contribution is 5.58. The van der Waals surface area contributed by atoms with Gasteiger partial charge in [-0.05, 0) is 32.0 Å². The van der Waals surface area contributed by atoms with Gasteiger partial charge in [0.15, 0.2) is 0 Å². The van der Waals surface area contributed by atoms with Crippen molar-refractivity contribution in [1.29, 1.82) is 0 Å². The summed E-state index contributed by atoms with van der Waals surface area (Å²) in [6.45, 7) is 4.04. The zero-order valence-corrected chi connectivity index (χ0v) is 11.6. The highest BCUT2D eigenvalue weighted by atomic mass is 19.4. The second-order valence-corrected chi connectivity index (χ2v) is 4.36. The molecular formula is C14H15F3N2O2. The van der Waals surface area contributed by atoms with Gasteiger partial charge in [0.2, 0.25) is 5.89 Å². The molecule has 4 nitrogen and oxygen atoms in total. The monoisotopic (exact) mass is 300 g/mol. The van der Waals surface area contributed by atoms with Crippen molar-refractivity contribution in [1.82, 2.24) is 4.98 Å². The predicted octanol–water partition coefficient (Wildman–Crippen LogP) is 4.01. The highest BCUT2D eigenvalue weighted by Crippen LogP contribution is 2.35. The molecule has 1 aromatic carbocycles. The summed E-state index contributed by atoms with van der Waals surface area (Å²) in [5.74, 6) is 1.39. The summed E-state index contributed by atoms with van der Waals surface area (Å²) in [6.07, 6.45) is -2.85. The highest BCUT2D eigenvalue weighted by Gasteiger charge is 2.31. The van der Waals surface area contributed by atoms with E-state index >= 15 is 0 Å². The van der Waals surface area contributed by atoms with Crippen molar-refractivity contribution in [2.24, 2.45) is 0 Å². The van der Waals surface area contributed by atoms with Crippen LogP contribution in [0.15, 0.2) is 28.8 Å². The lowest BCUT2D eigenvalue weighted by molar-refractivity contribution is -0.137. The number of benzene rings is 1. The molecule has 2 aromatic rings. The van der Waals surface area contributed by atoms with Crippen molar-refractivity contribution in [3.05, 3.63) is 41.6 Å². The maximum absolute atomic E-state index is 12.8. The van der Waals surface area contributed by atoms with Gasteiger partial charge in [0.25, 0.3) is 0 Å². The zero-order chi connectivity index (χ0) is 15.5. The fourth-order valence-electron chi connectivity index (χ4n) is 1.78. The van der Waals surface area contributed by atoms with E-state index in [0.717, 1.165) is 12.1 Å². The molecule has 0 aliphatic heterocycles. The van der Waals surface area contributed by atoms with Gasteiger partial charge in [-0.25, -0.2) is 4.98 Å². The van der Waals surface area contributed by atoms with Crippen LogP contribution in [0.25, 0.3) is 0 Å². The van der Waals surface area contributed by atoms with Crippen LogP contribution < -0.4 is 10.1 Å². The van der Waals surface area contributed by atoms with Crippen molar-refractivity contribution < 1.29 is 22.3 Å². The first-order valence-electron chi connectivity index (χ1n) is 6.39. The van der Waals surface area contributed by atoms with E-state index in [1.54, 1.807) is 20.0 Å².